The van der Waals surface area contributed by atoms with E-state index < -0.39 is 84.5 Å². The number of hydrogen-bond acceptors (Lipinski definition) is 13. The molecule has 0 aromatic heterocycles. The molecule has 0 saturated carbocycles. The number of carbonyl (C=O) groups excluding carboxylic acids is 2. The van der Waals surface area contributed by atoms with Crippen LogP contribution in [-0.4, -0.2) is 104 Å². The van der Waals surface area contributed by atoms with Gasteiger partial charge in [-0.2, -0.15) is 0 Å². The molecule has 62 heavy (non-hydrogen) atoms. The second kappa shape index (κ2) is 38.4. The molecule has 0 aliphatic carbocycles. The summed E-state index contributed by atoms with van der Waals surface area (Å²) in [5, 5.41) is 40.1. The van der Waals surface area contributed by atoms with Crippen molar-refractivity contribution in [1.29, 1.82) is 0 Å². The lowest BCUT2D eigenvalue weighted by molar-refractivity contribution is -0.161. The number of aliphatic hydroxyl groups is 4. The molecule has 0 spiro atoms. The molecule has 0 heterocycles. The van der Waals surface area contributed by atoms with Gasteiger partial charge in [-0.3, -0.25) is 23.2 Å². The molecule has 7 N–H and O–H groups in total. The molecular weight excluding hydrogens is 846 g/mol. The smallest absolute Gasteiger partial charge is 0.462 e. The Morgan fingerprint density at radius 1 is 0.581 bits per heavy atom. The molecule has 0 aliphatic rings. The maximum atomic E-state index is 12.7. The van der Waals surface area contributed by atoms with Crippen molar-refractivity contribution in [3.63, 3.8) is 0 Å². The molecule has 354 valence electrons. The number of unbranched alkanes of at least 4 members (excludes halogenated alkanes) is 5. The van der Waals surface area contributed by atoms with Gasteiger partial charge in [0.1, 0.15) is 12.7 Å². The van der Waals surface area contributed by atoms with Crippen molar-refractivity contribution in [2.24, 2.45) is 0 Å². The van der Waals surface area contributed by atoms with E-state index in [4.69, 9.17) is 23.8 Å². The lowest BCUT2D eigenvalue weighted by Gasteiger charge is -2.20. The van der Waals surface area contributed by atoms with Gasteiger partial charge in [0, 0.05) is 12.8 Å². The van der Waals surface area contributed by atoms with Gasteiger partial charge in [-0.1, -0.05) is 130 Å². The summed E-state index contributed by atoms with van der Waals surface area (Å²) in [6.07, 6.45) is 33.5. The molecule has 0 amide bonds. The van der Waals surface area contributed by atoms with E-state index in [0.29, 0.717) is 12.8 Å². The van der Waals surface area contributed by atoms with Gasteiger partial charge < -0.3 is 44.6 Å². The van der Waals surface area contributed by atoms with Gasteiger partial charge in [-0.05, 0) is 64.2 Å². The fourth-order valence-corrected chi connectivity index (χ4v) is 6.15. The van der Waals surface area contributed by atoms with Crippen LogP contribution in [0, 0.1) is 0 Å². The molecule has 0 aromatic rings. The molecule has 16 nitrogen and oxygen atoms in total. The number of carbonyl (C=O) groups is 2. The highest BCUT2D eigenvalue weighted by Gasteiger charge is 2.28. The third-order valence-electron chi connectivity index (χ3n) is 8.30. The number of aliphatic hydroxyl groups excluding tert-OH is 4. The van der Waals surface area contributed by atoms with Crippen LogP contribution >= 0.6 is 15.6 Å². The van der Waals surface area contributed by atoms with Gasteiger partial charge in [-0.25, -0.2) is 9.13 Å². The van der Waals surface area contributed by atoms with Crippen LogP contribution in [0.25, 0.3) is 0 Å². The molecule has 6 atom stereocenters. The summed E-state index contributed by atoms with van der Waals surface area (Å²) in [4.78, 5) is 52.7. The molecule has 1 unspecified atom stereocenters. The van der Waals surface area contributed by atoms with E-state index in [1.807, 2.05) is 19.1 Å². The Kier molecular flexibility index (Phi) is 36.5. The van der Waals surface area contributed by atoms with Crippen molar-refractivity contribution in [3.8, 4) is 0 Å². The molecule has 0 aliphatic heterocycles. The fraction of sp³-hybridized carbons (Fsp3) is 0.591. The Morgan fingerprint density at radius 3 is 1.81 bits per heavy atom. The summed E-state index contributed by atoms with van der Waals surface area (Å²) in [6.45, 7) is 1.02. The Morgan fingerprint density at radius 2 is 1.13 bits per heavy atom. The maximum absolute atomic E-state index is 12.7. The standard InChI is InChI=1S/C44H72O16P2/c1-3-5-7-8-9-10-11-12-13-14-15-16-17-22-26-32-44(50)60-40(37-59-62(54,55)58-35-39(46)34-57-61(51,52)53)36-56-43(49)33-27-31-42(48)41(47)30-25-21-19-18-20-24-29-38(45)28-23-6-4-2/h5-7,9-10,12-13,18-21,23-25,29-30,38-42,45-48H,3-4,8,11,14-17,22,26-28,31-37H2,1-2H3,(H,54,55)(H2,51,52,53)/b7-5-,10-9-,13-12-,20-18+,21-19-,23-6-,29-24+,30-25-/t38-,39+,40-,41+,42+/m1/s1. The molecule has 0 bridgehead atoms. The third-order valence-corrected chi connectivity index (χ3v) is 9.74. The number of allylic oxidation sites excluding steroid dienone is 13. The zero-order valence-electron chi connectivity index (χ0n) is 36.3. The highest BCUT2D eigenvalue weighted by molar-refractivity contribution is 7.47. The summed E-state index contributed by atoms with van der Waals surface area (Å²) in [5.41, 5.74) is 0. The normalized spacial score (nSPS) is 16.5. The predicted octanol–water partition coefficient (Wildman–Crippen LogP) is 7.47. The van der Waals surface area contributed by atoms with Gasteiger partial charge in [-0.15, -0.1) is 0 Å². The minimum absolute atomic E-state index is 0.0319. The van der Waals surface area contributed by atoms with Crippen molar-refractivity contribution in [1.82, 2.24) is 0 Å². The SMILES string of the molecule is CC/C=C\C/C=C\C/C=C\CCCCCCCC(=O)O[C@H](COC(=O)CCC[C@H](O)[C@@H](O)\C=C/C=C\C=C\C=C\[C@H](O)C/C=C\CC)COP(=O)(O)OC[C@@H](O)COP(=O)(O)O. The van der Waals surface area contributed by atoms with Crippen LogP contribution in [0.1, 0.15) is 110 Å². The summed E-state index contributed by atoms with van der Waals surface area (Å²) in [5.74, 6) is -1.40. The van der Waals surface area contributed by atoms with E-state index >= 15 is 0 Å². The highest BCUT2D eigenvalue weighted by Crippen LogP contribution is 2.43. The van der Waals surface area contributed by atoms with Crippen LogP contribution in [0.3, 0.4) is 0 Å². The summed E-state index contributed by atoms with van der Waals surface area (Å²) in [6, 6.07) is 0. The topological polar surface area (TPSA) is 256 Å². The van der Waals surface area contributed by atoms with Crippen LogP contribution in [0.2, 0.25) is 0 Å². The van der Waals surface area contributed by atoms with Crippen LogP contribution in [-0.2, 0) is 41.8 Å². The molecule has 0 saturated heterocycles. The van der Waals surface area contributed by atoms with Gasteiger partial charge in [0.25, 0.3) is 0 Å². The zero-order valence-corrected chi connectivity index (χ0v) is 38.0. The predicted molar refractivity (Wildman–Crippen MR) is 238 cm³/mol. The first-order valence-electron chi connectivity index (χ1n) is 21.3. The first-order chi connectivity index (χ1) is 29.6. The monoisotopic (exact) mass is 918 g/mol. The van der Waals surface area contributed by atoms with E-state index in [2.05, 4.69) is 52.4 Å². The van der Waals surface area contributed by atoms with Crippen LogP contribution < -0.4 is 0 Å². The quantitative estimate of drug-likeness (QED) is 0.0104. The molecule has 18 heteroatoms. The second-order valence-electron chi connectivity index (χ2n) is 14.1. The molecular formula is C44H72O16P2. The number of esters is 2. The molecule has 0 fully saturated rings. The summed E-state index contributed by atoms with van der Waals surface area (Å²) < 4.78 is 47.5. The van der Waals surface area contributed by atoms with Crippen LogP contribution in [0.5, 0.6) is 0 Å². The molecule has 0 radical (unpaired) electrons. The van der Waals surface area contributed by atoms with Crippen molar-refractivity contribution in [2.45, 2.75) is 141 Å². The number of rotatable bonds is 38. The number of phosphoric acid groups is 2. The van der Waals surface area contributed by atoms with E-state index in [-0.39, 0.29) is 25.7 Å². The average Bonchev–Trinajstić information content (AvgIpc) is 3.22. The molecule has 0 rings (SSSR count). The van der Waals surface area contributed by atoms with Crippen molar-refractivity contribution < 1.29 is 76.9 Å². The number of phosphoric ester groups is 2. The largest absolute Gasteiger partial charge is 0.472 e. The van der Waals surface area contributed by atoms with Crippen LogP contribution in [0.4, 0.5) is 0 Å². The third kappa shape index (κ3) is 39.7. The van der Waals surface area contributed by atoms with E-state index in [1.165, 1.54) is 6.08 Å². The summed E-state index contributed by atoms with van der Waals surface area (Å²) in [7, 11) is -9.81. The van der Waals surface area contributed by atoms with Crippen LogP contribution in [0.15, 0.2) is 97.2 Å². The zero-order chi connectivity index (χ0) is 46.3. The Hall–Kier alpha value is -3.08. The van der Waals surface area contributed by atoms with Gasteiger partial charge in [0.05, 0.1) is 38.1 Å². The maximum Gasteiger partial charge on any atom is 0.472 e. The Bertz CT molecular complexity index is 1510. The van der Waals surface area contributed by atoms with Gasteiger partial charge >= 0.3 is 27.6 Å². The fourth-order valence-electron chi connectivity index (χ4n) is 5.00. The first kappa shape index (κ1) is 58.9. The minimum Gasteiger partial charge on any atom is -0.462 e. The van der Waals surface area contributed by atoms with E-state index in [1.54, 1.807) is 42.5 Å². The van der Waals surface area contributed by atoms with Gasteiger partial charge in [0.2, 0.25) is 0 Å². The average molecular weight is 919 g/mol. The van der Waals surface area contributed by atoms with Crippen molar-refractivity contribution in [2.75, 3.05) is 26.4 Å². The number of hydrogen-bond donors (Lipinski definition) is 7. The first-order valence-corrected chi connectivity index (χ1v) is 24.3. The Labute approximate surface area is 367 Å². The van der Waals surface area contributed by atoms with E-state index in [9.17, 15) is 44.0 Å². The molecule has 0 aromatic carbocycles. The minimum atomic E-state index is -4.91. The van der Waals surface area contributed by atoms with Crippen molar-refractivity contribution >= 4 is 27.6 Å². The highest BCUT2D eigenvalue weighted by atomic mass is 31.2. The second-order valence-corrected chi connectivity index (χ2v) is 16.8. The lowest BCUT2D eigenvalue weighted by atomic mass is 10.1. The van der Waals surface area contributed by atoms with Gasteiger partial charge in [0.15, 0.2) is 6.10 Å². The Balaban J connectivity index is 4.89. The summed E-state index contributed by atoms with van der Waals surface area (Å²) >= 11 is 0. The van der Waals surface area contributed by atoms with Crippen molar-refractivity contribution in [3.05, 3.63) is 97.2 Å². The van der Waals surface area contributed by atoms with E-state index in [0.717, 1.165) is 57.8 Å². The lowest BCUT2D eigenvalue weighted by Crippen LogP contribution is -2.30. The number of ether oxygens (including phenoxy) is 2.